The molecule has 0 heterocycles. The van der Waals surface area contributed by atoms with Gasteiger partial charge in [0.25, 0.3) is 0 Å². The van der Waals surface area contributed by atoms with Crippen molar-refractivity contribution in [3.63, 3.8) is 0 Å². The highest BCUT2D eigenvalue weighted by atomic mass is 16.7. The van der Waals surface area contributed by atoms with Crippen LogP contribution in [0.4, 0.5) is 0 Å². The first-order valence-corrected chi connectivity index (χ1v) is 12.3. The number of hydrogen-bond acceptors (Lipinski definition) is 9. The van der Waals surface area contributed by atoms with Crippen molar-refractivity contribution in [2.75, 3.05) is 52.4 Å². The van der Waals surface area contributed by atoms with Crippen LogP contribution in [0.3, 0.4) is 0 Å². The van der Waals surface area contributed by atoms with Crippen LogP contribution in [0.2, 0.25) is 0 Å². The molecular weight excluding hydrogens is 412 g/mol. The summed E-state index contributed by atoms with van der Waals surface area (Å²) in [6.07, 6.45) is 2.05. The topological polar surface area (TPSA) is 141 Å². The standard InChI is InChI=1S/C23H52N4O5/c1-18(2)31-21(32-22(19(3)29)20(17-28)23(4,5)30)16-27-15-9-14-26-12-7-6-11-25-13-8-10-24/h18-22,25-30H,6-17,24H2,1-5H3. The van der Waals surface area contributed by atoms with Crippen LogP contribution in [-0.2, 0) is 9.47 Å². The molecule has 9 nitrogen and oxygen atoms in total. The van der Waals surface area contributed by atoms with Gasteiger partial charge >= 0.3 is 0 Å². The van der Waals surface area contributed by atoms with E-state index in [-0.39, 0.29) is 12.7 Å². The highest BCUT2D eigenvalue weighted by Gasteiger charge is 2.38. The fourth-order valence-electron chi connectivity index (χ4n) is 3.42. The highest BCUT2D eigenvalue weighted by molar-refractivity contribution is 4.87. The van der Waals surface area contributed by atoms with Gasteiger partial charge < -0.3 is 46.5 Å². The number of rotatable bonds is 22. The van der Waals surface area contributed by atoms with Gasteiger partial charge in [0.1, 0.15) is 0 Å². The molecule has 0 rings (SSSR count). The van der Waals surface area contributed by atoms with Gasteiger partial charge in [-0.1, -0.05) is 0 Å². The fourth-order valence-corrected chi connectivity index (χ4v) is 3.42. The molecule has 0 aromatic rings. The molecule has 0 saturated heterocycles. The predicted molar refractivity (Wildman–Crippen MR) is 130 cm³/mol. The van der Waals surface area contributed by atoms with E-state index in [1.54, 1.807) is 20.8 Å². The predicted octanol–water partition coefficient (Wildman–Crippen LogP) is 0.171. The Morgan fingerprint density at radius 2 is 1.38 bits per heavy atom. The molecule has 0 bridgehead atoms. The quantitative estimate of drug-likeness (QED) is 0.0882. The lowest BCUT2D eigenvalue weighted by Crippen LogP contribution is -2.50. The van der Waals surface area contributed by atoms with Gasteiger partial charge in [0.2, 0.25) is 0 Å². The molecule has 0 amide bonds. The Balaban J connectivity index is 4.21. The third kappa shape index (κ3) is 16.3. The molecule has 8 N–H and O–H groups in total. The second kappa shape index (κ2) is 19.0. The van der Waals surface area contributed by atoms with Crippen LogP contribution in [0.15, 0.2) is 0 Å². The lowest BCUT2D eigenvalue weighted by Gasteiger charge is -2.38. The summed E-state index contributed by atoms with van der Waals surface area (Å²) in [6, 6.07) is 0. The van der Waals surface area contributed by atoms with Crippen molar-refractivity contribution in [1.82, 2.24) is 16.0 Å². The largest absolute Gasteiger partial charge is 0.396 e. The first-order chi connectivity index (χ1) is 15.1. The Labute approximate surface area is 195 Å². The number of aliphatic hydroxyl groups is 3. The van der Waals surface area contributed by atoms with E-state index in [0.29, 0.717) is 6.54 Å². The smallest absolute Gasteiger partial charge is 0.170 e. The molecule has 0 radical (unpaired) electrons. The van der Waals surface area contributed by atoms with Crippen molar-refractivity contribution < 1.29 is 24.8 Å². The van der Waals surface area contributed by atoms with Gasteiger partial charge in [-0.2, -0.15) is 0 Å². The molecule has 0 spiro atoms. The van der Waals surface area contributed by atoms with Crippen molar-refractivity contribution in [3.05, 3.63) is 0 Å². The van der Waals surface area contributed by atoms with Crippen molar-refractivity contribution in [2.45, 2.75) is 90.5 Å². The number of nitrogens with two attached hydrogens (primary N) is 1. The van der Waals surface area contributed by atoms with Gasteiger partial charge in [0.05, 0.1) is 30.5 Å². The van der Waals surface area contributed by atoms with E-state index in [0.717, 1.165) is 65.0 Å². The number of hydrogen-bond donors (Lipinski definition) is 7. The van der Waals surface area contributed by atoms with Crippen molar-refractivity contribution in [2.24, 2.45) is 11.7 Å². The summed E-state index contributed by atoms with van der Waals surface area (Å²) in [6.45, 7) is 14.3. The average Bonchev–Trinajstić information content (AvgIpc) is 2.69. The molecule has 9 heteroatoms. The SMILES string of the molecule is CC(C)OC(CNCCCNCCCCNCCCN)OC(C(C)O)C(CO)C(C)(C)O. The summed E-state index contributed by atoms with van der Waals surface area (Å²) in [4.78, 5) is 0. The van der Waals surface area contributed by atoms with Crippen molar-refractivity contribution in [1.29, 1.82) is 0 Å². The molecule has 194 valence electrons. The summed E-state index contributed by atoms with van der Waals surface area (Å²) < 4.78 is 11.9. The molecule has 32 heavy (non-hydrogen) atoms. The van der Waals surface area contributed by atoms with E-state index in [9.17, 15) is 15.3 Å². The summed E-state index contributed by atoms with van der Waals surface area (Å²) in [5, 5.41) is 40.5. The van der Waals surface area contributed by atoms with Crippen molar-refractivity contribution >= 4 is 0 Å². The van der Waals surface area contributed by atoms with E-state index in [2.05, 4.69) is 16.0 Å². The normalized spacial score (nSPS) is 16.3. The zero-order valence-corrected chi connectivity index (χ0v) is 21.1. The zero-order valence-electron chi connectivity index (χ0n) is 21.1. The third-order valence-electron chi connectivity index (χ3n) is 5.24. The van der Waals surface area contributed by atoms with Crippen molar-refractivity contribution in [3.8, 4) is 0 Å². The molecular formula is C23H52N4O5. The highest BCUT2D eigenvalue weighted by Crippen LogP contribution is 2.25. The lowest BCUT2D eigenvalue weighted by atomic mass is 9.84. The van der Waals surface area contributed by atoms with Crippen LogP contribution in [0.25, 0.3) is 0 Å². The Morgan fingerprint density at radius 1 is 0.844 bits per heavy atom. The van der Waals surface area contributed by atoms with Crippen LogP contribution < -0.4 is 21.7 Å². The van der Waals surface area contributed by atoms with E-state index in [4.69, 9.17) is 15.2 Å². The molecule has 0 fully saturated rings. The van der Waals surface area contributed by atoms with E-state index in [1.165, 1.54) is 0 Å². The van der Waals surface area contributed by atoms with Gasteiger partial charge in [0.15, 0.2) is 6.29 Å². The third-order valence-corrected chi connectivity index (χ3v) is 5.24. The molecule has 0 aromatic heterocycles. The summed E-state index contributed by atoms with van der Waals surface area (Å²) in [5.41, 5.74) is 4.27. The lowest BCUT2D eigenvalue weighted by molar-refractivity contribution is -0.231. The number of aliphatic hydroxyl groups excluding tert-OH is 2. The Hall–Kier alpha value is -0.360. The first-order valence-electron chi connectivity index (χ1n) is 12.3. The zero-order chi connectivity index (χ0) is 24.4. The summed E-state index contributed by atoms with van der Waals surface area (Å²) >= 11 is 0. The number of unbranched alkanes of at least 4 members (excludes halogenated alkanes) is 1. The second-order valence-electron chi connectivity index (χ2n) is 9.31. The second-order valence-corrected chi connectivity index (χ2v) is 9.31. The maximum atomic E-state index is 10.4. The van der Waals surface area contributed by atoms with Gasteiger partial charge in [-0.05, 0) is 99.6 Å². The maximum absolute atomic E-state index is 10.4. The van der Waals surface area contributed by atoms with E-state index in [1.807, 2.05) is 13.8 Å². The summed E-state index contributed by atoms with van der Waals surface area (Å²) in [7, 11) is 0. The summed E-state index contributed by atoms with van der Waals surface area (Å²) in [5.74, 6) is -0.638. The van der Waals surface area contributed by atoms with Crippen LogP contribution in [0.5, 0.6) is 0 Å². The Kier molecular flexibility index (Phi) is 18.8. The average molecular weight is 465 g/mol. The minimum atomic E-state index is -1.20. The van der Waals surface area contributed by atoms with Crippen LogP contribution in [0.1, 0.15) is 60.3 Å². The van der Waals surface area contributed by atoms with Gasteiger partial charge in [-0.3, -0.25) is 0 Å². The van der Waals surface area contributed by atoms with Crippen LogP contribution >= 0.6 is 0 Å². The minimum Gasteiger partial charge on any atom is -0.396 e. The fraction of sp³-hybridized carbons (Fsp3) is 1.00. The van der Waals surface area contributed by atoms with E-state index >= 15 is 0 Å². The molecule has 0 aromatic carbocycles. The molecule has 0 saturated carbocycles. The van der Waals surface area contributed by atoms with Gasteiger partial charge in [-0.15, -0.1) is 0 Å². The number of ether oxygens (including phenoxy) is 2. The number of nitrogens with one attached hydrogen (secondary N) is 3. The monoisotopic (exact) mass is 464 g/mol. The van der Waals surface area contributed by atoms with E-state index < -0.39 is 30.0 Å². The molecule has 0 aliphatic rings. The van der Waals surface area contributed by atoms with Gasteiger partial charge in [-0.25, -0.2) is 0 Å². The molecule has 4 atom stereocenters. The van der Waals surface area contributed by atoms with Crippen LogP contribution in [-0.4, -0.2) is 97.9 Å². The first kappa shape index (κ1) is 31.6. The minimum absolute atomic E-state index is 0.0578. The Bertz CT molecular complexity index is 422. The Morgan fingerprint density at radius 3 is 1.84 bits per heavy atom. The van der Waals surface area contributed by atoms with Crippen LogP contribution in [0, 0.1) is 5.92 Å². The molecule has 0 aliphatic carbocycles. The molecule has 4 unspecified atom stereocenters. The molecule has 0 aliphatic heterocycles. The van der Waals surface area contributed by atoms with Gasteiger partial charge in [0, 0.05) is 12.5 Å². The maximum Gasteiger partial charge on any atom is 0.170 e.